The molecule has 0 saturated heterocycles. The third-order valence-corrected chi connectivity index (χ3v) is 6.98. The van der Waals surface area contributed by atoms with Crippen LogP contribution in [0.25, 0.3) is 11.0 Å². The molecule has 0 aliphatic carbocycles. The van der Waals surface area contributed by atoms with Crippen molar-refractivity contribution in [2.75, 3.05) is 0 Å². The summed E-state index contributed by atoms with van der Waals surface area (Å²) in [7, 11) is -4.32. The number of hydrogen-bond donors (Lipinski definition) is 2. The van der Waals surface area contributed by atoms with E-state index in [1.165, 1.54) is 12.1 Å². The topological polar surface area (TPSA) is 95.0 Å². The Bertz CT molecular complexity index is 1280. The first-order valence-corrected chi connectivity index (χ1v) is 11.0. The van der Waals surface area contributed by atoms with Gasteiger partial charge in [0.15, 0.2) is 0 Å². The number of pyridine rings is 1. The summed E-state index contributed by atoms with van der Waals surface area (Å²) in [5.74, 6) is -0.956. The van der Waals surface area contributed by atoms with E-state index < -0.39 is 33.1 Å². The van der Waals surface area contributed by atoms with Crippen LogP contribution in [0.15, 0.2) is 47.4 Å². The van der Waals surface area contributed by atoms with Crippen molar-refractivity contribution in [3.05, 3.63) is 59.4 Å². The summed E-state index contributed by atoms with van der Waals surface area (Å²) < 4.78 is 67.1. The van der Waals surface area contributed by atoms with Crippen molar-refractivity contribution < 1.29 is 26.4 Å². The number of alkyl halides is 3. The van der Waals surface area contributed by atoms with E-state index in [1.54, 1.807) is 12.1 Å². The predicted octanol–water partition coefficient (Wildman–Crippen LogP) is 4.05. The molecule has 166 valence electrons. The van der Waals surface area contributed by atoms with Crippen LogP contribution in [0.3, 0.4) is 0 Å². The van der Waals surface area contributed by atoms with Gasteiger partial charge in [-0.05, 0) is 41.3 Å². The van der Waals surface area contributed by atoms with Gasteiger partial charge >= 0.3 is 6.18 Å². The molecule has 3 rings (SSSR count). The van der Waals surface area contributed by atoms with E-state index in [9.17, 15) is 26.4 Å². The molecule has 1 unspecified atom stereocenters. The first-order valence-electron chi connectivity index (χ1n) is 9.07. The van der Waals surface area contributed by atoms with Crippen LogP contribution >= 0.6 is 12.6 Å². The normalized spacial score (nSPS) is 14.0. The van der Waals surface area contributed by atoms with Gasteiger partial charge in [-0.25, -0.2) is 17.4 Å². The maximum absolute atomic E-state index is 13.5. The lowest BCUT2D eigenvalue weighted by Crippen LogP contribution is -2.23. The van der Waals surface area contributed by atoms with Crippen LogP contribution in [0.2, 0.25) is 0 Å². The molecule has 0 radical (unpaired) electrons. The Morgan fingerprint density at radius 1 is 1.13 bits per heavy atom. The van der Waals surface area contributed by atoms with Crippen molar-refractivity contribution in [3.8, 4) is 0 Å². The lowest BCUT2D eigenvalue weighted by atomic mass is 9.87. The van der Waals surface area contributed by atoms with Crippen LogP contribution in [0.4, 0.5) is 13.2 Å². The lowest BCUT2D eigenvalue weighted by molar-refractivity contribution is -0.141. The minimum atomic E-state index is -4.72. The molecule has 0 spiro atoms. The number of nitrogens with zero attached hydrogens (tertiary/aromatic N) is 2. The number of carbonyl (C=O) groups excluding carboxylic acids is 1. The second kappa shape index (κ2) is 7.56. The van der Waals surface area contributed by atoms with E-state index in [2.05, 4.69) is 17.6 Å². The summed E-state index contributed by atoms with van der Waals surface area (Å²) in [6.45, 7) is 5.73. The van der Waals surface area contributed by atoms with Crippen LogP contribution in [0.1, 0.15) is 43.0 Å². The average Bonchev–Trinajstić information content (AvgIpc) is 3.05. The monoisotopic (exact) mass is 471 g/mol. The smallest absolute Gasteiger partial charge is 0.368 e. The highest BCUT2D eigenvalue weighted by molar-refractivity contribution is 7.90. The van der Waals surface area contributed by atoms with Crippen molar-refractivity contribution in [2.24, 2.45) is 5.73 Å². The number of halogens is 3. The molecule has 0 fully saturated rings. The third-order valence-electron chi connectivity index (χ3n) is 4.72. The zero-order valence-electron chi connectivity index (χ0n) is 16.8. The molecule has 2 heterocycles. The molecule has 1 aromatic carbocycles. The number of carbonyl (C=O) groups is 1. The van der Waals surface area contributed by atoms with Gasteiger partial charge in [0.2, 0.25) is 5.91 Å². The Morgan fingerprint density at radius 2 is 1.77 bits per heavy atom. The van der Waals surface area contributed by atoms with Gasteiger partial charge in [0.1, 0.15) is 10.9 Å². The minimum Gasteiger partial charge on any atom is -0.368 e. The number of aromatic nitrogens is 2. The van der Waals surface area contributed by atoms with Crippen LogP contribution in [-0.4, -0.2) is 23.3 Å². The molecular formula is C20H20F3N3O3S2. The zero-order valence-corrected chi connectivity index (χ0v) is 18.5. The van der Waals surface area contributed by atoms with Crippen LogP contribution in [0, 0.1) is 0 Å². The van der Waals surface area contributed by atoms with Gasteiger partial charge in [0.25, 0.3) is 10.0 Å². The quantitative estimate of drug-likeness (QED) is 0.562. The van der Waals surface area contributed by atoms with Crippen molar-refractivity contribution in [1.82, 2.24) is 8.96 Å². The molecule has 1 amide bonds. The van der Waals surface area contributed by atoms with Gasteiger partial charge in [-0.3, -0.25) is 4.79 Å². The van der Waals surface area contributed by atoms with Crippen LogP contribution in [-0.2, 0) is 26.4 Å². The summed E-state index contributed by atoms with van der Waals surface area (Å²) in [5.41, 5.74) is 3.93. The Balaban J connectivity index is 2.33. The van der Waals surface area contributed by atoms with Crippen LogP contribution < -0.4 is 5.73 Å². The molecule has 2 aromatic heterocycles. The van der Waals surface area contributed by atoms with E-state index in [-0.39, 0.29) is 27.0 Å². The van der Waals surface area contributed by atoms with E-state index in [4.69, 9.17) is 5.73 Å². The first kappa shape index (κ1) is 23.1. The van der Waals surface area contributed by atoms with Gasteiger partial charge in [-0.1, -0.05) is 32.9 Å². The van der Waals surface area contributed by atoms with Gasteiger partial charge in [0.05, 0.1) is 21.6 Å². The van der Waals surface area contributed by atoms with E-state index in [0.717, 1.165) is 21.7 Å². The number of amides is 1. The number of primary amides is 1. The maximum atomic E-state index is 13.5. The van der Waals surface area contributed by atoms with Crippen LogP contribution in [0.5, 0.6) is 0 Å². The predicted molar refractivity (Wildman–Crippen MR) is 113 cm³/mol. The van der Waals surface area contributed by atoms with Crippen molar-refractivity contribution in [1.29, 1.82) is 0 Å². The molecule has 0 aliphatic rings. The van der Waals surface area contributed by atoms with Crippen molar-refractivity contribution >= 4 is 39.6 Å². The molecular weight excluding hydrogens is 451 g/mol. The number of fused-ring (bicyclic) bond motifs is 1. The third kappa shape index (κ3) is 4.29. The summed E-state index contributed by atoms with van der Waals surface area (Å²) in [6.07, 6.45) is -4.72. The second-order valence-electron chi connectivity index (χ2n) is 8.02. The minimum absolute atomic E-state index is 0.0939. The fourth-order valence-electron chi connectivity index (χ4n) is 3.07. The van der Waals surface area contributed by atoms with E-state index in [0.29, 0.717) is 6.07 Å². The highest BCUT2D eigenvalue weighted by Gasteiger charge is 2.34. The average molecular weight is 472 g/mol. The first-order chi connectivity index (χ1) is 14.1. The molecule has 6 nitrogen and oxygen atoms in total. The molecule has 1 atom stereocenters. The summed E-state index contributed by atoms with van der Waals surface area (Å²) in [5, 5.41) is -1.39. The molecule has 31 heavy (non-hydrogen) atoms. The fourth-order valence-corrected chi connectivity index (χ4v) is 4.93. The van der Waals surface area contributed by atoms with Gasteiger partial charge in [-0.2, -0.15) is 25.8 Å². The van der Waals surface area contributed by atoms with Crippen molar-refractivity contribution in [2.45, 2.75) is 42.5 Å². The van der Waals surface area contributed by atoms with Gasteiger partial charge in [-0.15, -0.1) is 0 Å². The molecule has 0 aliphatic heterocycles. The Labute approximate surface area is 182 Å². The van der Waals surface area contributed by atoms with Gasteiger partial charge < -0.3 is 5.73 Å². The number of rotatable bonds is 4. The maximum Gasteiger partial charge on any atom is 0.433 e. The number of hydrogen-bond acceptors (Lipinski definition) is 5. The zero-order chi connectivity index (χ0) is 23.4. The lowest BCUT2D eigenvalue weighted by Gasteiger charge is -2.20. The Kier molecular flexibility index (Phi) is 5.64. The molecule has 0 saturated carbocycles. The summed E-state index contributed by atoms with van der Waals surface area (Å²) in [4.78, 5) is 15.2. The SMILES string of the molecule is CC(C)(C)c1cccc(S(=O)(=O)n2c(C(S)C(N)=O)cc3nc(C(F)(F)F)ccc32)c1. The van der Waals surface area contributed by atoms with E-state index in [1.807, 2.05) is 20.8 Å². The van der Waals surface area contributed by atoms with Gasteiger partial charge in [0, 0.05) is 0 Å². The summed E-state index contributed by atoms with van der Waals surface area (Å²) in [6, 6.07) is 8.97. The Hall–Kier alpha value is -2.53. The largest absolute Gasteiger partial charge is 0.433 e. The molecule has 3 aromatic rings. The number of nitrogens with two attached hydrogens (primary N) is 1. The summed E-state index contributed by atoms with van der Waals surface area (Å²) >= 11 is 4.08. The standard InChI is InChI=1S/C20H20F3N3O3S2/c1-19(2,3)11-5-4-6-12(9-11)31(28,29)26-14-7-8-16(20(21,22)23)25-13(14)10-15(26)17(30)18(24)27/h4-10,17,30H,1-3H3,(H2,24,27). The fraction of sp³-hybridized carbons (Fsp3) is 0.300. The highest BCUT2D eigenvalue weighted by Crippen LogP contribution is 2.35. The Morgan fingerprint density at radius 3 is 2.32 bits per heavy atom. The molecule has 0 bridgehead atoms. The number of thiol groups is 1. The number of benzene rings is 1. The second-order valence-corrected chi connectivity index (χ2v) is 10.3. The van der Waals surface area contributed by atoms with Crippen molar-refractivity contribution in [3.63, 3.8) is 0 Å². The highest BCUT2D eigenvalue weighted by atomic mass is 32.2. The molecule has 11 heteroatoms. The van der Waals surface area contributed by atoms with E-state index >= 15 is 0 Å². The molecule has 2 N–H and O–H groups in total.